The second-order valence-corrected chi connectivity index (χ2v) is 8.63. The Labute approximate surface area is 171 Å². The van der Waals surface area contributed by atoms with Crippen molar-refractivity contribution in [1.82, 2.24) is 14.6 Å². The summed E-state index contributed by atoms with van der Waals surface area (Å²) in [6, 6.07) is 2.95. The summed E-state index contributed by atoms with van der Waals surface area (Å²) in [5.74, 6) is -1.94. The van der Waals surface area contributed by atoms with E-state index in [0.29, 0.717) is 46.2 Å². The largest absolute Gasteiger partial charge is 0.361 e. The third-order valence-electron chi connectivity index (χ3n) is 4.76. The lowest BCUT2D eigenvalue weighted by molar-refractivity contribution is 0.372. The maximum Gasteiger partial charge on any atom is 0.249 e. The van der Waals surface area contributed by atoms with Crippen LogP contribution in [0.2, 0.25) is 0 Å². The lowest BCUT2D eigenvalue weighted by atomic mass is 10.2. The Bertz CT molecular complexity index is 1150. The summed E-state index contributed by atoms with van der Waals surface area (Å²) in [4.78, 5) is -1.14. The van der Waals surface area contributed by atoms with Crippen molar-refractivity contribution in [3.8, 4) is 6.07 Å². The van der Waals surface area contributed by atoms with Crippen LogP contribution < -0.4 is 0 Å². The van der Waals surface area contributed by atoms with Crippen LogP contribution in [0.4, 0.5) is 8.78 Å². The molecular weight excluding hydrogens is 418 g/mol. The molecule has 30 heavy (non-hydrogen) atoms. The minimum atomic E-state index is -4.67. The first kappa shape index (κ1) is 21.6. The highest BCUT2D eigenvalue weighted by molar-refractivity contribution is 7.89. The highest BCUT2D eigenvalue weighted by atomic mass is 32.2. The van der Waals surface area contributed by atoms with Crippen molar-refractivity contribution in [2.75, 3.05) is 0 Å². The molecular formula is C19H18F2N4O4S. The van der Waals surface area contributed by atoms with Crippen molar-refractivity contribution in [3.05, 3.63) is 63.4 Å². The van der Waals surface area contributed by atoms with Crippen LogP contribution in [0.5, 0.6) is 0 Å². The monoisotopic (exact) mass is 436 g/mol. The lowest BCUT2D eigenvalue weighted by Crippen LogP contribution is -2.32. The summed E-state index contributed by atoms with van der Waals surface area (Å²) in [7, 11) is -4.67. The standard InChI is InChI=1S/C19H18F2N4O4S/c1-10-15(12(3)28-23-10)8-25(9-16-11(2)24-29-13(16)4)30(26,27)19-17(20)5-14(7-22)6-18(19)21/h5-6H,8-9H2,1-4H3. The molecule has 0 atom stereocenters. The first-order valence-electron chi connectivity index (χ1n) is 8.79. The maximum absolute atomic E-state index is 14.6. The number of benzene rings is 1. The normalized spacial score (nSPS) is 11.8. The second-order valence-electron chi connectivity index (χ2n) is 6.76. The Hall–Kier alpha value is -3.10. The van der Waals surface area contributed by atoms with Gasteiger partial charge in [0, 0.05) is 24.2 Å². The first-order valence-corrected chi connectivity index (χ1v) is 10.2. The van der Waals surface area contributed by atoms with E-state index >= 15 is 0 Å². The van der Waals surface area contributed by atoms with Crippen LogP contribution in [0.1, 0.15) is 39.6 Å². The second kappa shape index (κ2) is 7.97. The number of nitrogens with zero attached hydrogens (tertiary/aromatic N) is 4. The fraction of sp³-hybridized carbons (Fsp3) is 0.316. The van der Waals surface area contributed by atoms with Crippen LogP contribution in [0.25, 0.3) is 0 Å². The molecule has 0 bridgehead atoms. The number of hydrogen-bond donors (Lipinski definition) is 0. The summed E-state index contributed by atoms with van der Waals surface area (Å²) in [5.41, 5.74) is 1.52. The van der Waals surface area contributed by atoms with E-state index in [1.165, 1.54) is 0 Å². The zero-order valence-corrected chi connectivity index (χ0v) is 17.5. The average Bonchev–Trinajstić information content (AvgIpc) is 3.16. The van der Waals surface area contributed by atoms with E-state index in [0.717, 1.165) is 4.31 Å². The van der Waals surface area contributed by atoms with Gasteiger partial charge in [-0.15, -0.1) is 0 Å². The van der Waals surface area contributed by atoms with Gasteiger partial charge in [-0.3, -0.25) is 0 Å². The Balaban J connectivity index is 2.15. The van der Waals surface area contributed by atoms with Crippen molar-refractivity contribution < 1.29 is 26.2 Å². The minimum Gasteiger partial charge on any atom is -0.361 e. The smallest absolute Gasteiger partial charge is 0.249 e. The summed E-state index contributed by atoms with van der Waals surface area (Å²) in [5, 5.41) is 16.5. The molecule has 3 aromatic rings. The van der Waals surface area contributed by atoms with Crippen LogP contribution >= 0.6 is 0 Å². The molecule has 0 radical (unpaired) electrons. The minimum absolute atomic E-state index is 0.244. The van der Waals surface area contributed by atoms with Gasteiger partial charge in [-0.25, -0.2) is 17.2 Å². The van der Waals surface area contributed by atoms with Crippen molar-refractivity contribution in [3.63, 3.8) is 0 Å². The quantitative estimate of drug-likeness (QED) is 0.582. The van der Waals surface area contributed by atoms with Gasteiger partial charge in [0.05, 0.1) is 23.0 Å². The van der Waals surface area contributed by atoms with E-state index < -0.39 is 26.6 Å². The molecule has 0 aliphatic heterocycles. The summed E-state index contributed by atoms with van der Waals surface area (Å²) in [6.45, 7) is 6.00. The Morgan fingerprint density at radius 2 is 1.40 bits per heavy atom. The highest BCUT2D eigenvalue weighted by Crippen LogP contribution is 2.29. The van der Waals surface area contributed by atoms with Gasteiger partial charge in [0.15, 0.2) is 4.90 Å². The molecule has 158 valence electrons. The number of rotatable bonds is 6. The SMILES string of the molecule is Cc1noc(C)c1CN(Cc1c(C)noc1C)S(=O)(=O)c1c(F)cc(C#N)cc1F. The number of nitriles is 1. The van der Waals surface area contributed by atoms with E-state index in [9.17, 15) is 17.2 Å². The van der Waals surface area contributed by atoms with Crippen LogP contribution in [0.15, 0.2) is 26.1 Å². The molecule has 0 amide bonds. The molecule has 0 aliphatic carbocycles. The van der Waals surface area contributed by atoms with E-state index in [4.69, 9.17) is 14.3 Å². The van der Waals surface area contributed by atoms with E-state index in [-0.39, 0.29) is 18.7 Å². The molecule has 0 saturated heterocycles. The van der Waals surface area contributed by atoms with Crippen molar-refractivity contribution in [2.45, 2.75) is 45.7 Å². The van der Waals surface area contributed by atoms with Crippen LogP contribution in [-0.4, -0.2) is 23.0 Å². The molecule has 11 heteroatoms. The number of aromatic nitrogens is 2. The Morgan fingerprint density at radius 3 is 1.73 bits per heavy atom. The number of halogens is 2. The Kier molecular flexibility index (Phi) is 5.74. The molecule has 0 N–H and O–H groups in total. The van der Waals surface area contributed by atoms with E-state index in [1.54, 1.807) is 33.8 Å². The van der Waals surface area contributed by atoms with E-state index in [2.05, 4.69) is 10.3 Å². The summed E-state index contributed by atoms with van der Waals surface area (Å²) in [6.07, 6.45) is 0. The molecule has 0 fully saturated rings. The first-order chi connectivity index (χ1) is 14.1. The number of sulfonamides is 1. The molecule has 0 unspecified atom stereocenters. The van der Waals surface area contributed by atoms with Crippen molar-refractivity contribution >= 4 is 10.0 Å². The molecule has 0 aliphatic rings. The topological polar surface area (TPSA) is 113 Å². The molecule has 0 saturated carbocycles. The molecule has 2 heterocycles. The lowest BCUT2D eigenvalue weighted by Gasteiger charge is -2.23. The molecule has 2 aromatic heterocycles. The van der Waals surface area contributed by atoms with Gasteiger partial charge in [0.2, 0.25) is 10.0 Å². The molecule has 8 nitrogen and oxygen atoms in total. The third kappa shape index (κ3) is 3.83. The maximum atomic E-state index is 14.6. The zero-order chi connectivity index (χ0) is 22.2. The summed E-state index contributed by atoms with van der Waals surface area (Å²) >= 11 is 0. The Morgan fingerprint density at radius 1 is 0.967 bits per heavy atom. The third-order valence-corrected chi connectivity index (χ3v) is 6.60. The van der Waals surface area contributed by atoms with Crippen LogP contribution in [0.3, 0.4) is 0 Å². The fourth-order valence-electron chi connectivity index (χ4n) is 3.03. The van der Waals surface area contributed by atoms with Gasteiger partial charge in [0.1, 0.15) is 23.2 Å². The molecule has 0 spiro atoms. The van der Waals surface area contributed by atoms with Crippen LogP contribution in [0, 0.1) is 50.7 Å². The van der Waals surface area contributed by atoms with Gasteiger partial charge in [-0.2, -0.15) is 9.57 Å². The van der Waals surface area contributed by atoms with Crippen molar-refractivity contribution in [2.24, 2.45) is 0 Å². The van der Waals surface area contributed by atoms with Gasteiger partial charge in [0.25, 0.3) is 0 Å². The number of hydrogen-bond acceptors (Lipinski definition) is 7. The highest BCUT2D eigenvalue weighted by Gasteiger charge is 2.34. The van der Waals surface area contributed by atoms with Crippen LogP contribution in [-0.2, 0) is 23.1 Å². The zero-order valence-electron chi connectivity index (χ0n) is 16.7. The van der Waals surface area contributed by atoms with Gasteiger partial charge in [-0.1, -0.05) is 10.3 Å². The summed E-state index contributed by atoms with van der Waals surface area (Å²) < 4.78 is 66.9. The van der Waals surface area contributed by atoms with Gasteiger partial charge < -0.3 is 9.05 Å². The molecule has 3 rings (SSSR count). The number of aryl methyl sites for hydroxylation is 4. The molecule has 1 aromatic carbocycles. The van der Waals surface area contributed by atoms with E-state index in [1.807, 2.05) is 0 Å². The van der Waals surface area contributed by atoms with Crippen molar-refractivity contribution in [1.29, 1.82) is 5.26 Å². The van der Waals surface area contributed by atoms with Gasteiger partial charge >= 0.3 is 0 Å². The fourth-order valence-corrected chi connectivity index (χ4v) is 4.50. The van der Waals surface area contributed by atoms with Gasteiger partial charge in [-0.05, 0) is 39.8 Å². The predicted octanol–water partition coefficient (Wildman–Crippen LogP) is 3.44. The average molecular weight is 436 g/mol. The predicted molar refractivity (Wildman–Crippen MR) is 99.5 cm³/mol.